The van der Waals surface area contributed by atoms with E-state index in [9.17, 15) is 18.0 Å². The Morgan fingerprint density at radius 2 is 2.05 bits per heavy atom. The fourth-order valence-electron chi connectivity index (χ4n) is 1.96. The normalized spacial score (nSPS) is 11.7. The molecule has 0 saturated carbocycles. The minimum atomic E-state index is -4.34. The summed E-state index contributed by atoms with van der Waals surface area (Å²) in [6, 6.07) is 0. The van der Waals surface area contributed by atoms with E-state index in [2.05, 4.69) is 15.5 Å². The van der Waals surface area contributed by atoms with Crippen molar-refractivity contribution in [1.82, 2.24) is 19.6 Å². The molecule has 2 heterocycles. The Morgan fingerprint density at radius 3 is 2.64 bits per heavy atom. The molecule has 0 aliphatic rings. The molecule has 120 valence electrons. The fraction of sp³-hybridized carbons (Fsp3) is 0.462. The smallest absolute Gasteiger partial charge is 0.323 e. The summed E-state index contributed by atoms with van der Waals surface area (Å²) < 4.78 is 39.1. The average Bonchev–Trinajstić information content (AvgIpc) is 2.94. The van der Waals surface area contributed by atoms with E-state index in [4.69, 9.17) is 0 Å². The van der Waals surface area contributed by atoms with E-state index in [0.29, 0.717) is 6.42 Å². The van der Waals surface area contributed by atoms with Crippen LogP contribution in [0.2, 0.25) is 0 Å². The minimum absolute atomic E-state index is 0.219. The molecular weight excluding hydrogens is 299 g/mol. The molecule has 0 aliphatic carbocycles. The van der Waals surface area contributed by atoms with Gasteiger partial charge in [-0.2, -0.15) is 23.4 Å². The number of hydrogen-bond donors (Lipinski definition) is 1. The highest BCUT2D eigenvalue weighted by Gasteiger charge is 2.28. The van der Waals surface area contributed by atoms with Crippen LogP contribution in [0.15, 0.2) is 18.6 Å². The van der Waals surface area contributed by atoms with Crippen LogP contribution in [0.3, 0.4) is 0 Å². The molecule has 0 atom stereocenters. The Kier molecular flexibility index (Phi) is 4.53. The van der Waals surface area contributed by atoms with Crippen LogP contribution >= 0.6 is 0 Å². The molecule has 0 spiro atoms. The zero-order valence-electron chi connectivity index (χ0n) is 12.2. The number of nitrogens with one attached hydrogen (secondary N) is 1. The summed E-state index contributed by atoms with van der Waals surface area (Å²) in [6.45, 7) is 0.721. The number of carbonyl (C=O) groups is 1. The predicted octanol–water partition coefficient (Wildman–Crippen LogP) is 2.06. The van der Waals surface area contributed by atoms with E-state index in [1.165, 1.54) is 6.20 Å². The Balaban J connectivity index is 1.86. The van der Waals surface area contributed by atoms with Gasteiger partial charge in [-0.05, 0) is 18.9 Å². The van der Waals surface area contributed by atoms with Crippen molar-refractivity contribution < 1.29 is 18.0 Å². The highest BCUT2D eigenvalue weighted by molar-refractivity contribution is 5.90. The lowest BCUT2D eigenvalue weighted by Gasteiger charge is -2.05. The first-order valence-electron chi connectivity index (χ1n) is 6.61. The van der Waals surface area contributed by atoms with Gasteiger partial charge in [-0.1, -0.05) is 0 Å². The second kappa shape index (κ2) is 6.20. The summed E-state index contributed by atoms with van der Waals surface area (Å²) in [5, 5.41) is 10.2. The van der Waals surface area contributed by atoms with Gasteiger partial charge in [-0.15, -0.1) is 0 Å². The first-order valence-corrected chi connectivity index (χ1v) is 6.61. The van der Waals surface area contributed by atoms with Crippen molar-refractivity contribution in [2.75, 3.05) is 5.32 Å². The zero-order valence-corrected chi connectivity index (χ0v) is 12.2. The number of aromatic nitrogens is 4. The largest absolute Gasteiger partial charge is 0.408 e. The molecule has 0 unspecified atom stereocenters. The standard InChI is InChI=1S/C13H16F3N5O/c1-9-10(5-17-20(9)2)3-4-12(22)19-11-6-18-21(7-11)8-13(14,15)16/h5-7H,3-4,8H2,1-2H3,(H,19,22). The fourth-order valence-corrected chi connectivity index (χ4v) is 1.96. The van der Waals surface area contributed by atoms with Crippen molar-refractivity contribution in [2.24, 2.45) is 7.05 Å². The molecule has 9 heteroatoms. The third-order valence-electron chi connectivity index (χ3n) is 3.22. The summed E-state index contributed by atoms with van der Waals surface area (Å²) in [5.41, 5.74) is 2.19. The van der Waals surface area contributed by atoms with Crippen LogP contribution in [0.1, 0.15) is 17.7 Å². The van der Waals surface area contributed by atoms with Crippen LogP contribution in [-0.4, -0.2) is 31.6 Å². The van der Waals surface area contributed by atoms with Crippen molar-refractivity contribution in [3.05, 3.63) is 29.8 Å². The van der Waals surface area contributed by atoms with Crippen molar-refractivity contribution in [2.45, 2.75) is 32.5 Å². The highest BCUT2D eigenvalue weighted by atomic mass is 19.4. The monoisotopic (exact) mass is 315 g/mol. The number of amides is 1. The van der Waals surface area contributed by atoms with Gasteiger partial charge in [0, 0.05) is 25.4 Å². The second-order valence-electron chi connectivity index (χ2n) is 4.97. The third-order valence-corrected chi connectivity index (χ3v) is 3.22. The summed E-state index contributed by atoms with van der Waals surface area (Å²) in [6.07, 6.45) is 0.438. The molecule has 22 heavy (non-hydrogen) atoms. The van der Waals surface area contributed by atoms with Crippen LogP contribution in [0.25, 0.3) is 0 Å². The van der Waals surface area contributed by atoms with Gasteiger partial charge in [-0.25, -0.2) is 0 Å². The van der Waals surface area contributed by atoms with Gasteiger partial charge >= 0.3 is 6.18 Å². The van der Waals surface area contributed by atoms with Gasteiger partial charge in [0.1, 0.15) is 6.54 Å². The molecule has 0 bridgehead atoms. The second-order valence-corrected chi connectivity index (χ2v) is 4.97. The van der Waals surface area contributed by atoms with Crippen molar-refractivity contribution in [3.63, 3.8) is 0 Å². The Labute approximate surface area is 124 Å². The van der Waals surface area contributed by atoms with E-state index in [0.717, 1.165) is 22.1 Å². The summed E-state index contributed by atoms with van der Waals surface area (Å²) >= 11 is 0. The van der Waals surface area contributed by atoms with Gasteiger partial charge in [0.15, 0.2) is 0 Å². The summed E-state index contributed by atoms with van der Waals surface area (Å²) in [7, 11) is 1.81. The molecule has 0 aromatic carbocycles. The number of anilines is 1. The van der Waals surface area contributed by atoms with Crippen LogP contribution < -0.4 is 5.32 Å². The number of nitrogens with zero attached hydrogens (tertiary/aromatic N) is 4. The lowest BCUT2D eigenvalue weighted by Crippen LogP contribution is -2.18. The first kappa shape index (κ1) is 16.1. The van der Waals surface area contributed by atoms with Crippen LogP contribution in [0.4, 0.5) is 18.9 Å². The SMILES string of the molecule is Cc1c(CCC(=O)Nc2cnn(CC(F)(F)F)c2)cnn1C. The number of aryl methyl sites for hydroxylation is 2. The van der Waals surface area contributed by atoms with Gasteiger partial charge < -0.3 is 5.32 Å². The molecule has 0 saturated heterocycles. The zero-order chi connectivity index (χ0) is 16.3. The summed E-state index contributed by atoms with van der Waals surface area (Å²) in [4.78, 5) is 11.8. The Morgan fingerprint density at radius 1 is 1.32 bits per heavy atom. The molecule has 1 N–H and O–H groups in total. The number of rotatable bonds is 5. The van der Waals surface area contributed by atoms with Gasteiger partial charge in [0.2, 0.25) is 5.91 Å². The first-order chi connectivity index (χ1) is 10.2. The van der Waals surface area contributed by atoms with Crippen LogP contribution in [-0.2, 0) is 24.8 Å². The topological polar surface area (TPSA) is 64.7 Å². The molecular formula is C13H16F3N5O. The number of alkyl halides is 3. The minimum Gasteiger partial charge on any atom is -0.323 e. The Hall–Kier alpha value is -2.32. The quantitative estimate of drug-likeness (QED) is 0.918. The Bertz CT molecular complexity index is 659. The molecule has 0 aliphatic heterocycles. The van der Waals surface area contributed by atoms with E-state index >= 15 is 0 Å². The maximum atomic E-state index is 12.2. The van der Waals surface area contributed by atoms with E-state index in [1.54, 1.807) is 10.9 Å². The molecule has 6 nitrogen and oxygen atoms in total. The van der Waals surface area contributed by atoms with Crippen molar-refractivity contribution in [3.8, 4) is 0 Å². The van der Waals surface area contributed by atoms with Gasteiger partial charge in [0.05, 0.1) is 18.1 Å². The van der Waals surface area contributed by atoms with E-state index in [-0.39, 0.29) is 18.0 Å². The third kappa shape index (κ3) is 4.34. The average molecular weight is 315 g/mol. The molecule has 0 radical (unpaired) electrons. The molecule has 2 rings (SSSR count). The summed E-state index contributed by atoms with van der Waals surface area (Å²) in [5.74, 6) is -0.283. The highest BCUT2D eigenvalue weighted by Crippen LogP contribution is 2.18. The van der Waals surface area contributed by atoms with E-state index < -0.39 is 12.7 Å². The maximum absolute atomic E-state index is 12.2. The number of halogens is 3. The van der Waals surface area contributed by atoms with Gasteiger partial charge in [0.25, 0.3) is 0 Å². The lowest BCUT2D eigenvalue weighted by atomic mass is 10.1. The maximum Gasteiger partial charge on any atom is 0.408 e. The van der Waals surface area contributed by atoms with Gasteiger partial charge in [-0.3, -0.25) is 14.2 Å². The lowest BCUT2D eigenvalue weighted by molar-refractivity contribution is -0.142. The van der Waals surface area contributed by atoms with E-state index in [1.807, 2.05) is 14.0 Å². The number of hydrogen-bond acceptors (Lipinski definition) is 3. The van der Waals surface area contributed by atoms with Crippen molar-refractivity contribution in [1.29, 1.82) is 0 Å². The number of carbonyl (C=O) groups excluding carboxylic acids is 1. The molecule has 2 aromatic heterocycles. The molecule has 2 aromatic rings. The van der Waals surface area contributed by atoms with Crippen LogP contribution in [0.5, 0.6) is 0 Å². The molecule has 0 fully saturated rings. The molecule has 1 amide bonds. The predicted molar refractivity (Wildman–Crippen MR) is 73.2 cm³/mol. The van der Waals surface area contributed by atoms with Crippen LogP contribution in [0, 0.1) is 6.92 Å². The van der Waals surface area contributed by atoms with Crippen molar-refractivity contribution >= 4 is 11.6 Å².